The summed E-state index contributed by atoms with van der Waals surface area (Å²) in [7, 11) is 3.38. The van der Waals surface area contributed by atoms with Crippen molar-refractivity contribution in [3.05, 3.63) is 35.0 Å². The van der Waals surface area contributed by atoms with Gasteiger partial charge in [-0.05, 0) is 25.1 Å². The minimum absolute atomic E-state index is 0.807. The lowest BCUT2D eigenvalue weighted by molar-refractivity contribution is 0.230. The molecule has 0 spiro atoms. The zero-order chi connectivity index (χ0) is 18.1. The third-order valence-electron chi connectivity index (χ3n) is 4.79. The molecule has 1 aromatic carbocycles. The Balaban J connectivity index is 1.84. The maximum atomic E-state index is 5.62. The first-order chi connectivity index (χ1) is 12.7. The molecule has 0 amide bonds. The summed E-state index contributed by atoms with van der Waals surface area (Å²) in [5.74, 6) is 1.62. The molecule has 0 saturated carbocycles. The van der Waals surface area contributed by atoms with Crippen molar-refractivity contribution in [3.63, 3.8) is 0 Å². The molecular weight excluding hydrogens is 348 g/mol. The summed E-state index contributed by atoms with van der Waals surface area (Å²) < 4.78 is 13.3. The van der Waals surface area contributed by atoms with Crippen molar-refractivity contribution in [2.24, 2.45) is 0 Å². The Morgan fingerprint density at radius 3 is 2.73 bits per heavy atom. The molecule has 1 N–H and O–H groups in total. The number of imidazole rings is 1. The fourth-order valence-corrected chi connectivity index (χ4v) is 4.29. The standard InChI is InChI=1S/C19H24N4O2S/c1-13-11-23-16(12-22-8-6-20-7-9-22)18(21-19(23)26-13)15-10-14(24-2)4-5-17(15)25-3/h4-5,10-11,20H,6-9,12H2,1-3H3. The van der Waals surface area contributed by atoms with E-state index in [1.54, 1.807) is 25.6 Å². The molecule has 2 aromatic heterocycles. The van der Waals surface area contributed by atoms with Crippen LogP contribution in [0.5, 0.6) is 11.5 Å². The van der Waals surface area contributed by atoms with E-state index in [9.17, 15) is 0 Å². The van der Waals surface area contributed by atoms with Crippen LogP contribution in [0.1, 0.15) is 10.6 Å². The Hall–Kier alpha value is -2.09. The van der Waals surface area contributed by atoms with Gasteiger partial charge < -0.3 is 14.8 Å². The monoisotopic (exact) mass is 372 g/mol. The summed E-state index contributed by atoms with van der Waals surface area (Å²) >= 11 is 1.72. The molecule has 1 saturated heterocycles. The first-order valence-electron chi connectivity index (χ1n) is 8.82. The van der Waals surface area contributed by atoms with E-state index in [-0.39, 0.29) is 0 Å². The van der Waals surface area contributed by atoms with Crippen LogP contribution < -0.4 is 14.8 Å². The summed E-state index contributed by atoms with van der Waals surface area (Å²) in [6.45, 7) is 7.15. The number of nitrogens with one attached hydrogen (secondary N) is 1. The lowest BCUT2D eigenvalue weighted by Crippen LogP contribution is -2.43. The van der Waals surface area contributed by atoms with Crippen molar-refractivity contribution in [1.29, 1.82) is 0 Å². The van der Waals surface area contributed by atoms with E-state index in [1.165, 1.54) is 10.6 Å². The summed E-state index contributed by atoms with van der Waals surface area (Å²) in [6, 6.07) is 5.88. The van der Waals surface area contributed by atoms with E-state index in [0.29, 0.717) is 0 Å². The third-order valence-corrected chi connectivity index (χ3v) is 5.68. The van der Waals surface area contributed by atoms with Crippen LogP contribution in [0.15, 0.2) is 24.4 Å². The quantitative estimate of drug-likeness (QED) is 0.746. The highest BCUT2D eigenvalue weighted by atomic mass is 32.1. The summed E-state index contributed by atoms with van der Waals surface area (Å²) in [5, 5.41) is 3.42. The van der Waals surface area contributed by atoms with Crippen molar-refractivity contribution < 1.29 is 9.47 Å². The molecule has 0 unspecified atom stereocenters. The van der Waals surface area contributed by atoms with E-state index in [4.69, 9.17) is 14.5 Å². The summed E-state index contributed by atoms with van der Waals surface area (Å²) in [5.41, 5.74) is 3.16. The molecule has 1 aliphatic rings. The smallest absolute Gasteiger partial charge is 0.194 e. The second kappa shape index (κ2) is 7.26. The van der Waals surface area contributed by atoms with Crippen LogP contribution in [0.4, 0.5) is 0 Å². The number of piperazine rings is 1. The van der Waals surface area contributed by atoms with E-state index in [2.05, 4.69) is 27.7 Å². The number of aromatic nitrogens is 2. The number of aryl methyl sites for hydroxylation is 1. The zero-order valence-electron chi connectivity index (χ0n) is 15.4. The highest BCUT2D eigenvalue weighted by Gasteiger charge is 2.22. The number of thiazole rings is 1. The fraction of sp³-hybridized carbons (Fsp3) is 0.421. The van der Waals surface area contributed by atoms with Crippen LogP contribution in [0.2, 0.25) is 0 Å². The maximum absolute atomic E-state index is 5.62. The number of rotatable bonds is 5. The molecule has 1 aliphatic heterocycles. The molecule has 4 rings (SSSR count). The molecule has 138 valence electrons. The van der Waals surface area contributed by atoms with Gasteiger partial charge in [0.1, 0.15) is 11.5 Å². The lowest BCUT2D eigenvalue weighted by Gasteiger charge is -2.27. The first kappa shape index (κ1) is 17.3. The highest BCUT2D eigenvalue weighted by molar-refractivity contribution is 7.17. The molecule has 0 atom stereocenters. The SMILES string of the molecule is COc1ccc(OC)c(-c2nc3sc(C)cn3c2CN2CCNCC2)c1. The van der Waals surface area contributed by atoms with Crippen molar-refractivity contribution in [2.45, 2.75) is 13.5 Å². The molecule has 6 nitrogen and oxygen atoms in total. The van der Waals surface area contributed by atoms with Crippen LogP contribution in [0.25, 0.3) is 16.2 Å². The van der Waals surface area contributed by atoms with Crippen molar-refractivity contribution in [2.75, 3.05) is 40.4 Å². The van der Waals surface area contributed by atoms with Gasteiger partial charge in [-0.2, -0.15) is 0 Å². The van der Waals surface area contributed by atoms with Crippen molar-refractivity contribution >= 4 is 16.3 Å². The van der Waals surface area contributed by atoms with Gasteiger partial charge in [0.25, 0.3) is 0 Å². The van der Waals surface area contributed by atoms with E-state index in [1.807, 2.05) is 18.2 Å². The van der Waals surface area contributed by atoms with Crippen LogP contribution in [-0.2, 0) is 6.54 Å². The third kappa shape index (κ3) is 3.18. The van der Waals surface area contributed by atoms with E-state index in [0.717, 1.165) is 60.4 Å². The molecule has 26 heavy (non-hydrogen) atoms. The van der Waals surface area contributed by atoms with Crippen LogP contribution in [0, 0.1) is 6.92 Å². The van der Waals surface area contributed by atoms with Gasteiger partial charge in [-0.3, -0.25) is 9.30 Å². The molecule has 3 heterocycles. The van der Waals surface area contributed by atoms with E-state index >= 15 is 0 Å². The van der Waals surface area contributed by atoms with Gasteiger partial charge in [0.2, 0.25) is 0 Å². The Kier molecular flexibility index (Phi) is 4.84. The molecule has 0 radical (unpaired) electrons. The second-order valence-corrected chi connectivity index (χ2v) is 7.71. The molecular formula is C19H24N4O2S. The normalized spacial score (nSPS) is 15.5. The van der Waals surface area contributed by atoms with Crippen molar-refractivity contribution in [3.8, 4) is 22.8 Å². The van der Waals surface area contributed by atoms with Gasteiger partial charge in [0.05, 0.1) is 25.6 Å². The predicted octanol–water partition coefficient (Wildman–Crippen LogP) is 2.79. The Bertz CT molecular complexity index is 912. The number of benzene rings is 1. The molecule has 3 aromatic rings. The van der Waals surface area contributed by atoms with Crippen LogP contribution >= 0.6 is 11.3 Å². The minimum atomic E-state index is 0.807. The molecule has 0 bridgehead atoms. The van der Waals surface area contributed by atoms with Gasteiger partial charge in [0.15, 0.2) is 4.96 Å². The highest BCUT2D eigenvalue weighted by Crippen LogP contribution is 2.37. The lowest BCUT2D eigenvalue weighted by atomic mass is 10.1. The number of hydrogen-bond acceptors (Lipinski definition) is 6. The fourth-order valence-electron chi connectivity index (χ4n) is 3.45. The number of hydrogen-bond donors (Lipinski definition) is 1. The predicted molar refractivity (Wildman–Crippen MR) is 104 cm³/mol. The van der Waals surface area contributed by atoms with Gasteiger partial charge in [-0.1, -0.05) is 0 Å². The van der Waals surface area contributed by atoms with E-state index < -0.39 is 0 Å². The number of ether oxygens (including phenoxy) is 2. The zero-order valence-corrected chi connectivity index (χ0v) is 16.2. The van der Waals surface area contributed by atoms with Gasteiger partial charge in [-0.25, -0.2) is 4.98 Å². The molecule has 1 fully saturated rings. The average Bonchev–Trinajstić information content (AvgIpc) is 3.19. The van der Waals surface area contributed by atoms with Crippen LogP contribution in [0.3, 0.4) is 0 Å². The number of fused-ring (bicyclic) bond motifs is 1. The van der Waals surface area contributed by atoms with Crippen LogP contribution in [-0.4, -0.2) is 54.7 Å². The largest absolute Gasteiger partial charge is 0.497 e. The van der Waals surface area contributed by atoms with Gasteiger partial charge in [-0.15, -0.1) is 11.3 Å². The Morgan fingerprint density at radius 1 is 1.19 bits per heavy atom. The Labute approximate surface area is 157 Å². The number of methoxy groups -OCH3 is 2. The molecule has 0 aliphatic carbocycles. The topological polar surface area (TPSA) is 51.0 Å². The van der Waals surface area contributed by atoms with Gasteiger partial charge in [0, 0.05) is 49.4 Å². The average molecular weight is 372 g/mol. The maximum Gasteiger partial charge on any atom is 0.194 e. The first-order valence-corrected chi connectivity index (χ1v) is 9.64. The van der Waals surface area contributed by atoms with Gasteiger partial charge >= 0.3 is 0 Å². The second-order valence-electron chi connectivity index (χ2n) is 6.49. The molecule has 7 heteroatoms. The summed E-state index contributed by atoms with van der Waals surface area (Å²) in [6.07, 6.45) is 2.18. The summed E-state index contributed by atoms with van der Waals surface area (Å²) in [4.78, 5) is 9.72. The Morgan fingerprint density at radius 2 is 2.00 bits per heavy atom. The minimum Gasteiger partial charge on any atom is -0.497 e. The number of nitrogens with zero attached hydrogens (tertiary/aromatic N) is 3. The van der Waals surface area contributed by atoms with Crippen molar-refractivity contribution in [1.82, 2.24) is 19.6 Å².